The first-order valence-electron chi connectivity index (χ1n) is 7.60. The van der Waals surface area contributed by atoms with Gasteiger partial charge in [0.05, 0.1) is 0 Å². The minimum atomic E-state index is -0.383. The van der Waals surface area contributed by atoms with E-state index in [1.807, 2.05) is 19.1 Å². The molecule has 2 aromatic rings. The summed E-state index contributed by atoms with van der Waals surface area (Å²) in [4.78, 5) is 16.4. The quantitative estimate of drug-likeness (QED) is 0.836. The molecule has 2 aromatic carbocycles. The second-order valence-corrected chi connectivity index (χ2v) is 6.13. The highest BCUT2D eigenvalue weighted by Crippen LogP contribution is 2.23. The summed E-state index contributed by atoms with van der Waals surface area (Å²) in [7, 11) is 0. The molecule has 0 aromatic heterocycles. The third-order valence-electron chi connectivity index (χ3n) is 4.15. The van der Waals surface area contributed by atoms with Gasteiger partial charge in [0.1, 0.15) is 5.82 Å². The minimum absolute atomic E-state index is 0.114. The van der Waals surface area contributed by atoms with E-state index < -0.39 is 0 Å². The van der Waals surface area contributed by atoms with E-state index in [1.54, 1.807) is 17.0 Å². The van der Waals surface area contributed by atoms with Gasteiger partial charge in [-0.2, -0.15) is 0 Å². The number of piperazine rings is 1. The van der Waals surface area contributed by atoms with Gasteiger partial charge in [-0.25, -0.2) is 4.39 Å². The van der Waals surface area contributed by atoms with Crippen molar-refractivity contribution in [1.29, 1.82) is 0 Å². The first kappa shape index (κ1) is 15.8. The molecule has 3 rings (SSSR count). The molecule has 3 nitrogen and oxygen atoms in total. The first-order chi connectivity index (χ1) is 11.0. The van der Waals surface area contributed by atoms with Crippen LogP contribution in [0.2, 0.25) is 5.02 Å². The molecule has 0 unspecified atom stereocenters. The van der Waals surface area contributed by atoms with Crippen molar-refractivity contribution in [2.24, 2.45) is 0 Å². The Labute approximate surface area is 140 Å². The Bertz CT molecular complexity index is 727. The summed E-state index contributed by atoms with van der Waals surface area (Å²) in [6, 6.07) is 11.8. The molecule has 23 heavy (non-hydrogen) atoms. The number of carbonyl (C=O) groups is 1. The van der Waals surface area contributed by atoms with Crippen LogP contribution in [0, 0.1) is 12.7 Å². The topological polar surface area (TPSA) is 23.6 Å². The molecular formula is C18H18ClFN2O. The fourth-order valence-electron chi connectivity index (χ4n) is 2.80. The highest BCUT2D eigenvalue weighted by Gasteiger charge is 2.22. The van der Waals surface area contributed by atoms with Gasteiger partial charge in [-0.15, -0.1) is 0 Å². The predicted molar refractivity (Wildman–Crippen MR) is 90.7 cm³/mol. The maximum atomic E-state index is 13.3. The molecule has 5 heteroatoms. The highest BCUT2D eigenvalue weighted by atomic mass is 35.5. The van der Waals surface area contributed by atoms with Crippen molar-refractivity contribution in [3.63, 3.8) is 0 Å². The smallest absolute Gasteiger partial charge is 0.254 e. The van der Waals surface area contributed by atoms with Crippen LogP contribution in [0.25, 0.3) is 0 Å². The number of carbonyl (C=O) groups excluding carboxylic acids is 1. The lowest BCUT2D eigenvalue weighted by Gasteiger charge is -2.36. The molecule has 0 aliphatic carbocycles. The lowest BCUT2D eigenvalue weighted by Crippen LogP contribution is -2.48. The molecular weight excluding hydrogens is 315 g/mol. The van der Waals surface area contributed by atoms with Crippen LogP contribution in [0.1, 0.15) is 15.9 Å². The van der Waals surface area contributed by atoms with Gasteiger partial charge in [0, 0.05) is 42.5 Å². The van der Waals surface area contributed by atoms with Crippen molar-refractivity contribution in [3.05, 3.63) is 64.4 Å². The molecule has 1 fully saturated rings. The lowest BCUT2D eigenvalue weighted by atomic mass is 10.1. The van der Waals surface area contributed by atoms with Crippen LogP contribution < -0.4 is 4.90 Å². The van der Waals surface area contributed by atoms with Gasteiger partial charge in [0.15, 0.2) is 0 Å². The van der Waals surface area contributed by atoms with E-state index in [9.17, 15) is 9.18 Å². The SMILES string of the molecule is Cc1cc(N2CCN(C(=O)c3cccc(F)c3)CC2)ccc1Cl. The molecule has 0 N–H and O–H groups in total. The molecule has 0 atom stereocenters. The van der Waals surface area contributed by atoms with Gasteiger partial charge < -0.3 is 9.80 Å². The summed E-state index contributed by atoms with van der Waals surface area (Å²) in [5, 5.41) is 0.758. The van der Waals surface area contributed by atoms with Crippen LogP contribution in [0.3, 0.4) is 0 Å². The number of halogens is 2. The van der Waals surface area contributed by atoms with Gasteiger partial charge in [0.25, 0.3) is 5.91 Å². The van der Waals surface area contributed by atoms with Gasteiger partial charge in [-0.1, -0.05) is 17.7 Å². The standard InChI is InChI=1S/C18H18ClFN2O/c1-13-11-16(5-6-17(13)19)21-7-9-22(10-8-21)18(23)14-3-2-4-15(20)12-14/h2-6,11-12H,7-10H2,1H3. The Kier molecular flexibility index (Phi) is 4.53. The monoisotopic (exact) mass is 332 g/mol. The highest BCUT2D eigenvalue weighted by molar-refractivity contribution is 6.31. The van der Waals surface area contributed by atoms with E-state index in [-0.39, 0.29) is 11.7 Å². The number of rotatable bonds is 2. The number of hydrogen-bond acceptors (Lipinski definition) is 2. The third-order valence-corrected chi connectivity index (χ3v) is 4.57. The average molecular weight is 333 g/mol. The zero-order chi connectivity index (χ0) is 16.4. The van der Waals surface area contributed by atoms with Crippen molar-refractivity contribution in [2.45, 2.75) is 6.92 Å². The fourth-order valence-corrected chi connectivity index (χ4v) is 2.91. The number of aryl methyl sites for hydroxylation is 1. The zero-order valence-electron chi connectivity index (χ0n) is 12.9. The van der Waals surface area contributed by atoms with Crippen molar-refractivity contribution >= 4 is 23.2 Å². The summed E-state index contributed by atoms with van der Waals surface area (Å²) >= 11 is 6.06. The Balaban J connectivity index is 1.66. The van der Waals surface area contributed by atoms with E-state index in [4.69, 9.17) is 11.6 Å². The third kappa shape index (κ3) is 3.48. The molecule has 0 bridgehead atoms. The van der Waals surface area contributed by atoms with Crippen molar-refractivity contribution in [3.8, 4) is 0 Å². The number of anilines is 1. The van der Waals surface area contributed by atoms with Crippen LogP contribution in [-0.4, -0.2) is 37.0 Å². The van der Waals surface area contributed by atoms with E-state index >= 15 is 0 Å². The molecule has 1 saturated heterocycles. The summed E-state index contributed by atoms with van der Waals surface area (Å²) < 4.78 is 13.3. The Morgan fingerprint density at radius 2 is 1.83 bits per heavy atom. The maximum absolute atomic E-state index is 13.3. The molecule has 1 heterocycles. The maximum Gasteiger partial charge on any atom is 0.254 e. The van der Waals surface area contributed by atoms with Gasteiger partial charge in [-0.05, 0) is 48.9 Å². The second-order valence-electron chi connectivity index (χ2n) is 5.72. The molecule has 0 radical (unpaired) electrons. The van der Waals surface area contributed by atoms with E-state index in [0.717, 1.165) is 29.4 Å². The number of amides is 1. The largest absolute Gasteiger partial charge is 0.368 e. The second kappa shape index (κ2) is 6.59. The summed E-state index contributed by atoms with van der Waals surface area (Å²) in [5.74, 6) is -0.498. The predicted octanol–water partition coefficient (Wildman–Crippen LogP) is 3.75. The number of benzene rings is 2. The lowest BCUT2D eigenvalue weighted by molar-refractivity contribution is 0.0746. The molecule has 0 spiro atoms. The first-order valence-corrected chi connectivity index (χ1v) is 7.98. The average Bonchev–Trinajstić information content (AvgIpc) is 2.57. The molecule has 1 aliphatic heterocycles. The Morgan fingerprint density at radius 1 is 1.09 bits per heavy atom. The van der Waals surface area contributed by atoms with Crippen LogP contribution in [0.4, 0.5) is 10.1 Å². The van der Waals surface area contributed by atoms with Crippen LogP contribution in [-0.2, 0) is 0 Å². The normalized spacial score (nSPS) is 14.9. The fraction of sp³-hybridized carbons (Fsp3) is 0.278. The Hall–Kier alpha value is -2.07. The molecule has 120 valence electrons. The van der Waals surface area contributed by atoms with Crippen LogP contribution in [0.15, 0.2) is 42.5 Å². The number of nitrogens with zero attached hydrogens (tertiary/aromatic N) is 2. The van der Waals surface area contributed by atoms with Crippen molar-refractivity contribution in [1.82, 2.24) is 4.90 Å². The number of hydrogen-bond donors (Lipinski definition) is 0. The summed E-state index contributed by atoms with van der Waals surface area (Å²) in [5.41, 5.74) is 2.56. The summed E-state index contributed by atoms with van der Waals surface area (Å²) in [6.07, 6.45) is 0. The van der Waals surface area contributed by atoms with E-state index in [1.165, 1.54) is 12.1 Å². The van der Waals surface area contributed by atoms with Crippen LogP contribution >= 0.6 is 11.6 Å². The van der Waals surface area contributed by atoms with Gasteiger partial charge in [-0.3, -0.25) is 4.79 Å². The van der Waals surface area contributed by atoms with E-state index in [0.29, 0.717) is 18.7 Å². The van der Waals surface area contributed by atoms with Crippen molar-refractivity contribution in [2.75, 3.05) is 31.1 Å². The van der Waals surface area contributed by atoms with Gasteiger partial charge in [0.2, 0.25) is 0 Å². The minimum Gasteiger partial charge on any atom is -0.368 e. The molecule has 1 aliphatic rings. The van der Waals surface area contributed by atoms with Gasteiger partial charge >= 0.3 is 0 Å². The van der Waals surface area contributed by atoms with E-state index in [2.05, 4.69) is 11.0 Å². The molecule has 0 saturated carbocycles. The van der Waals surface area contributed by atoms with Crippen LogP contribution in [0.5, 0.6) is 0 Å². The molecule has 1 amide bonds. The van der Waals surface area contributed by atoms with Crippen molar-refractivity contribution < 1.29 is 9.18 Å². The Morgan fingerprint density at radius 3 is 2.48 bits per heavy atom. The summed E-state index contributed by atoms with van der Waals surface area (Å²) in [6.45, 7) is 4.73. The zero-order valence-corrected chi connectivity index (χ0v) is 13.7.